The molecule has 7 rings (SSSR count). The fourth-order valence-electron chi connectivity index (χ4n) is 6.98. The van der Waals surface area contributed by atoms with Crippen molar-refractivity contribution in [2.75, 3.05) is 13.1 Å². The zero-order valence-corrected chi connectivity index (χ0v) is 24.5. The van der Waals surface area contributed by atoms with Gasteiger partial charge in [-0.1, -0.05) is 91.0 Å². The number of rotatable bonds is 9. The Morgan fingerprint density at radius 3 is 2.20 bits per heavy atom. The second kappa shape index (κ2) is 11.4. The normalized spacial score (nSPS) is 21.8. The molecule has 2 fully saturated rings. The van der Waals surface area contributed by atoms with Crippen molar-refractivity contribution in [3.8, 4) is 16.3 Å². The second-order valence-corrected chi connectivity index (χ2v) is 12.8. The molecule has 0 spiro atoms. The van der Waals surface area contributed by atoms with Crippen molar-refractivity contribution in [1.29, 1.82) is 0 Å². The largest absolute Gasteiger partial charge is 0.337 e. The van der Waals surface area contributed by atoms with E-state index in [1.165, 1.54) is 36.2 Å². The minimum atomic E-state index is -0.0261. The van der Waals surface area contributed by atoms with E-state index in [2.05, 4.69) is 102 Å². The molecule has 4 atom stereocenters. The molecule has 5 aromatic rings. The fourth-order valence-corrected chi connectivity index (χ4v) is 7.96. The van der Waals surface area contributed by atoms with Crippen molar-refractivity contribution in [1.82, 2.24) is 9.88 Å². The highest BCUT2D eigenvalue weighted by Crippen LogP contribution is 2.49. The molecular weight excluding hydrogens is 524 g/mol. The maximum atomic E-state index is 6.04. The van der Waals surface area contributed by atoms with Crippen molar-refractivity contribution in [3.63, 3.8) is 0 Å². The Morgan fingerprint density at radius 1 is 0.878 bits per heavy atom. The first kappa shape index (κ1) is 26.4. The highest BCUT2D eigenvalue weighted by Gasteiger charge is 2.49. The van der Waals surface area contributed by atoms with Gasteiger partial charge in [-0.3, -0.25) is 4.90 Å². The van der Waals surface area contributed by atoms with E-state index in [1.54, 1.807) is 11.3 Å². The summed E-state index contributed by atoms with van der Waals surface area (Å²) < 4.78 is 1.12. The lowest BCUT2D eigenvalue weighted by molar-refractivity contribution is -0.235. The third kappa shape index (κ3) is 5.30. The number of fused-ring (bicyclic) bond motifs is 3. The molecule has 2 aliphatic heterocycles. The predicted octanol–water partition coefficient (Wildman–Crippen LogP) is 8.38. The standard InChI is InChI=1S/C36H36N2O2S/c1-24(2)39-40-32-22-33-31(37-36(41-33)27-16-10-5-11-17-27)21-29(32)20-30-28-18-19-38(23-28)35(30)34(25-12-6-3-7-13-25)26-14-8-4-9-15-26/h3-17,21-22,24,28,30,34-35H,18-20,23H2,1-2H3/t28-,30-,35+/m0/s1. The van der Waals surface area contributed by atoms with E-state index in [0.29, 0.717) is 23.8 Å². The third-order valence-electron chi connectivity index (χ3n) is 8.76. The van der Waals surface area contributed by atoms with Crippen molar-refractivity contribution in [3.05, 3.63) is 120 Å². The van der Waals surface area contributed by atoms with Gasteiger partial charge in [-0.25, -0.2) is 4.98 Å². The summed E-state index contributed by atoms with van der Waals surface area (Å²) in [6.45, 7) is 6.35. The van der Waals surface area contributed by atoms with Gasteiger partial charge in [-0.15, -0.1) is 11.3 Å². The molecule has 0 radical (unpaired) electrons. The van der Waals surface area contributed by atoms with Crippen LogP contribution in [0.15, 0.2) is 103 Å². The number of aromatic nitrogens is 1. The van der Waals surface area contributed by atoms with E-state index in [-0.39, 0.29) is 6.10 Å². The fraction of sp³-hybridized carbons (Fsp3) is 0.306. The summed E-state index contributed by atoms with van der Waals surface area (Å²) in [6.07, 6.45) is 2.17. The van der Waals surface area contributed by atoms with Crippen LogP contribution >= 0.6 is 11.3 Å². The number of hydrogen-bond acceptors (Lipinski definition) is 5. The molecule has 0 saturated carbocycles. The molecular formula is C36H36N2O2S. The number of piperidine rings is 1. The lowest BCUT2D eigenvalue weighted by atomic mass is 9.73. The number of benzene rings is 4. The molecule has 2 aliphatic rings. The first-order valence-electron chi connectivity index (χ1n) is 14.8. The molecule has 2 bridgehead atoms. The van der Waals surface area contributed by atoms with Crippen molar-refractivity contribution in [2.24, 2.45) is 11.8 Å². The minimum Gasteiger partial charge on any atom is -0.337 e. The van der Waals surface area contributed by atoms with Crippen molar-refractivity contribution in [2.45, 2.75) is 44.8 Å². The average Bonchev–Trinajstić information content (AvgIpc) is 3.73. The van der Waals surface area contributed by atoms with Gasteiger partial charge in [0.1, 0.15) is 5.01 Å². The Bertz CT molecular complexity index is 1560. The average molecular weight is 561 g/mol. The lowest BCUT2D eigenvalue weighted by Gasteiger charge is -2.39. The molecule has 2 saturated heterocycles. The SMILES string of the molecule is CC(C)OOc1cc2sc(-c3ccccc3)nc2cc1C[C@H]1[C@H]2CC[N@](C2)[C@H]1C(c1ccccc1)c1ccccc1. The molecule has 0 amide bonds. The highest BCUT2D eigenvalue weighted by atomic mass is 32.1. The summed E-state index contributed by atoms with van der Waals surface area (Å²) in [7, 11) is 0. The lowest BCUT2D eigenvalue weighted by Crippen LogP contribution is -2.42. The van der Waals surface area contributed by atoms with E-state index in [0.717, 1.165) is 33.0 Å². The molecule has 5 heteroatoms. The molecule has 3 heterocycles. The number of hydrogen-bond donors (Lipinski definition) is 0. The van der Waals surface area contributed by atoms with E-state index < -0.39 is 0 Å². The summed E-state index contributed by atoms with van der Waals surface area (Å²) >= 11 is 1.71. The first-order chi connectivity index (χ1) is 20.1. The van der Waals surface area contributed by atoms with Crippen molar-refractivity contribution >= 4 is 21.6 Å². The summed E-state index contributed by atoms with van der Waals surface area (Å²) in [5.41, 5.74) is 6.15. The van der Waals surface area contributed by atoms with Gasteiger partial charge in [-0.05, 0) is 62.3 Å². The zero-order chi connectivity index (χ0) is 27.8. The van der Waals surface area contributed by atoms with Crippen LogP contribution in [0.3, 0.4) is 0 Å². The molecule has 4 nitrogen and oxygen atoms in total. The van der Waals surface area contributed by atoms with Crippen LogP contribution in [0.2, 0.25) is 0 Å². The summed E-state index contributed by atoms with van der Waals surface area (Å²) in [6, 6.07) is 37.4. The minimum absolute atomic E-state index is 0.0261. The van der Waals surface area contributed by atoms with Gasteiger partial charge in [0.2, 0.25) is 0 Å². The molecule has 4 aromatic carbocycles. The van der Waals surface area contributed by atoms with E-state index in [4.69, 9.17) is 14.8 Å². The monoisotopic (exact) mass is 560 g/mol. The van der Waals surface area contributed by atoms with Crippen LogP contribution in [0.5, 0.6) is 5.75 Å². The quantitative estimate of drug-likeness (QED) is 0.134. The van der Waals surface area contributed by atoms with Gasteiger partial charge in [0.25, 0.3) is 0 Å². The van der Waals surface area contributed by atoms with Crippen LogP contribution in [-0.4, -0.2) is 35.1 Å². The molecule has 208 valence electrons. The molecule has 0 unspecified atom stereocenters. The number of thiazole rings is 1. The molecule has 1 aromatic heterocycles. The Balaban J connectivity index is 1.28. The maximum absolute atomic E-state index is 6.04. The third-order valence-corrected chi connectivity index (χ3v) is 9.83. The van der Waals surface area contributed by atoms with Crippen LogP contribution in [0.25, 0.3) is 20.8 Å². The van der Waals surface area contributed by atoms with Gasteiger partial charge in [0.15, 0.2) is 5.75 Å². The van der Waals surface area contributed by atoms with Crippen LogP contribution in [0.1, 0.15) is 42.9 Å². The first-order valence-corrected chi connectivity index (χ1v) is 15.6. The van der Waals surface area contributed by atoms with Crippen LogP contribution in [0.4, 0.5) is 0 Å². The van der Waals surface area contributed by atoms with Gasteiger partial charge in [0, 0.05) is 35.7 Å². The van der Waals surface area contributed by atoms with E-state index in [1.807, 2.05) is 19.9 Å². The Hall–Kier alpha value is -3.51. The van der Waals surface area contributed by atoms with E-state index >= 15 is 0 Å². The Labute approximate surface area is 246 Å². The summed E-state index contributed by atoms with van der Waals surface area (Å²) in [5, 5.41) is 1.03. The smallest absolute Gasteiger partial charge is 0.170 e. The van der Waals surface area contributed by atoms with Crippen LogP contribution in [-0.2, 0) is 11.3 Å². The number of nitrogens with zero attached hydrogens (tertiary/aromatic N) is 2. The second-order valence-electron chi connectivity index (χ2n) is 11.7. The van der Waals surface area contributed by atoms with Gasteiger partial charge in [0.05, 0.1) is 16.3 Å². The van der Waals surface area contributed by atoms with Crippen molar-refractivity contribution < 1.29 is 9.78 Å². The van der Waals surface area contributed by atoms with E-state index in [9.17, 15) is 0 Å². The zero-order valence-electron chi connectivity index (χ0n) is 23.6. The van der Waals surface area contributed by atoms with Crippen LogP contribution < -0.4 is 4.89 Å². The molecule has 41 heavy (non-hydrogen) atoms. The molecule has 0 aliphatic carbocycles. The topological polar surface area (TPSA) is 34.6 Å². The maximum Gasteiger partial charge on any atom is 0.170 e. The van der Waals surface area contributed by atoms with Gasteiger partial charge < -0.3 is 4.89 Å². The summed E-state index contributed by atoms with van der Waals surface area (Å²) in [4.78, 5) is 19.6. The Morgan fingerprint density at radius 2 is 1.54 bits per heavy atom. The highest BCUT2D eigenvalue weighted by molar-refractivity contribution is 7.21. The predicted molar refractivity (Wildman–Crippen MR) is 167 cm³/mol. The Kier molecular flexibility index (Phi) is 7.34. The molecule has 0 N–H and O–H groups in total. The van der Waals surface area contributed by atoms with Crippen LogP contribution in [0, 0.1) is 11.8 Å². The van der Waals surface area contributed by atoms with Gasteiger partial charge >= 0.3 is 0 Å². The summed E-state index contributed by atoms with van der Waals surface area (Å²) in [5.74, 6) is 2.30. The van der Waals surface area contributed by atoms with Gasteiger partial charge in [-0.2, -0.15) is 4.89 Å².